The number of ether oxygens (including phenoxy) is 1. The maximum atomic E-state index is 13.4. The molecule has 0 radical (unpaired) electrons. The molecule has 0 fully saturated rings. The van der Waals surface area contributed by atoms with Gasteiger partial charge in [-0.15, -0.1) is 0 Å². The number of para-hydroxylation sites is 1. The highest BCUT2D eigenvalue weighted by atomic mass is 32.2. The second-order valence-corrected chi connectivity index (χ2v) is 10.2. The topological polar surface area (TPSA) is 96.0 Å². The Morgan fingerprint density at radius 2 is 1.70 bits per heavy atom. The number of hydrogen-bond acceptors (Lipinski definition) is 5. The Morgan fingerprint density at radius 3 is 2.27 bits per heavy atom. The largest absolute Gasteiger partial charge is 0.497 e. The molecule has 0 saturated carbocycles. The molecular weight excluding hydrogens is 442 g/mol. The summed E-state index contributed by atoms with van der Waals surface area (Å²) in [4.78, 5) is 27.6. The molecule has 0 aliphatic carbocycles. The number of carbonyl (C=O) groups excluding carboxylic acids is 2. The van der Waals surface area contributed by atoms with Gasteiger partial charge < -0.3 is 15.0 Å². The van der Waals surface area contributed by atoms with Crippen LogP contribution in [0.5, 0.6) is 5.75 Å². The summed E-state index contributed by atoms with van der Waals surface area (Å²) in [5.41, 5.74) is 1.14. The fourth-order valence-corrected chi connectivity index (χ4v) is 4.06. The minimum Gasteiger partial charge on any atom is -0.497 e. The minimum atomic E-state index is -3.73. The van der Waals surface area contributed by atoms with E-state index in [1.165, 1.54) is 4.90 Å². The Labute approximate surface area is 196 Å². The van der Waals surface area contributed by atoms with Crippen LogP contribution in [-0.2, 0) is 26.2 Å². The van der Waals surface area contributed by atoms with E-state index in [1.54, 1.807) is 62.6 Å². The van der Waals surface area contributed by atoms with Gasteiger partial charge in [0.15, 0.2) is 0 Å². The van der Waals surface area contributed by atoms with Crippen LogP contribution in [0.15, 0.2) is 54.6 Å². The molecule has 1 atom stereocenters. The highest BCUT2D eigenvalue weighted by Gasteiger charge is 2.30. The van der Waals surface area contributed by atoms with E-state index >= 15 is 0 Å². The summed E-state index contributed by atoms with van der Waals surface area (Å²) >= 11 is 0. The van der Waals surface area contributed by atoms with Gasteiger partial charge in [-0.3, -0.25) is 13.9 Å². The number of amides is 2. The van der Waals surface area contributed by atoms with Gasteiger partial charge in [0.1, 0.15) is 18.3 Å². The third-order valence-electron chi connectivity index (χ3n) is 5.06. The average Bonchev–Trinajstić information content (AvgIpc) is 2.78. The Kier molecular flexibility index (Phi) is 9.28. The van der Waals surface area contributed by atoms with Crippen molar-refractivity contribution in [3.05, 3.63) is 60.2 Å². The first-order chi connectivity index (χ1) is 15.5. The van der Waals surface area contributed by atoms with Crippen molar-refractivity contribution >= 4 is 27.5 Å². The van der Waals surface area contributed by atoms with E-state index in [4.69, 9.17) is 4.74 Å². The molecule has 0 saturated heterocycles. The third kappa shape index (κ3) is 7.78. The van der Waals surface area contributed by atoms with Gasteiger partial charge in [-0.05, 0) is 42.7 Å². The summed E-state index contributed by atoms with van der Waals surface area (Å²) in [5.74, 6) is 0.0891. The Morgan fingerprint density at radius 1 is 1.03 bits per heavy atom. The predicted octanol–water partition coefficient (Wildman–Crippen LogP) is 2.65. The molecule has 2 amide bonds. The predicted molar refractivity (Wildman–Crippen MR) is 129 cm³/mol. The number of methoxy groups -OCH3 is 1. The van der Waals surface area contributed by atoms with E-state index in [0.29, 0.717) is 18.0 Å². The summed E-state index contributed by atoms with van der Waals surface area (Å²) in [7, 11) is -2.18. The minimum absolute atomic E-state index is 0.124. The van der Waals surface area contributed by atoms with Gasteiger partial charge in [-0.2, -0.15) is 0 Å². The molecule has 33 heavy (non-hydrogen) atoms. The van der Waals surface area contributed by atoms with Crippen LogP contribution in [-0.4, -0.2) is 57.6 Å². The molecule has 8 nitrogen and oxygen atoms in total. The number of carbonyl (C=O) groups is 2. The molecule has 180 valence electrons. The summed E-state index contributed by atoms with van der Waals surface area (Å²) in [6.45, 7) is 5.78. The van der Waals surface area contributed by atoms with E-state index in [9.17, 15) is 18.0 Å². The average molecular weight is 476 g/mol. The highest BCUT2D eigenvalue weighted by Crippen LogP contribution is 2.20. The molecule has 0 unspecified atom stereocenters. The van der Waals surface area contributed by atoms with Gasteiger partial charge in [0.05, 0.1) is 19.1 Å². The molecule has 2 rings (SSSR count). The van der Waals surface area contributed by atoms with E-state index in [2.05, 4.69) is 5.32 Å². The van der Waals surface area contributed by atoms with Crippen LogP contribution in [0.25, 0.3) is 0 Å². The van der Waals surface area contributed by atoms with Gasteiger partial charge in [-0.25, -0.2) is 8.42 Å². The number of anilines is 1. The van der Waals surface area contributed by atoms with Gasteiger partial charge in [0.2, 0.25) is 21.8 Å². The number of nitrogens with one attached hydrogen (secondary N) is 1. The van der Waals surface area contributed by atoms with E-state index in [-0.39, 0.29) is 18.4 Å². The monoisotopic (exact) mass is 475 g/mol. The zero-order chi connectivity index (χ0) is 24.6. The first kappa shape index (κ1) is 26.2. The maximum absolute atomic E-state index is 13.4. The van der Waals surface area contributed by atoms with Crippen molar-refractivity contribution in [2.24, 2.45) is 5.92 Å². The summed E-state index contributed by atoms with van der Waals surface area (Å²) in [5, 5.41) is 2.85. The molecule has 0 aromatic heterocycles. The highest BCUT2D eigenvalue weighted by molar-refractivity contribution is 7.92. The molecule has 0 bridgehead atoms. The van der Waals surface area contributed by atoms with Gasteiger partial charge in [0.25, 0.3) is 0 Å². The van der Waals surface area contributed by atoms with E-state index in [0.717, 1.165) is 16.1 Å². The summed E-state index contributed by atoms with van der Waals surface area (Å²) in [6, 6.07) is 14.8. The lowest BCUT2D eigenvalue weighted by atomic mass is 10.1. The van der Waals surface area contributed by atoms with Crippen molar-refractivity contribution in [1.29, 1.82) is 0 Å². The van der Waals surface area contributed by atoms with Crippen molar-refractivity contribution in [2.75, 3.05) is 30.8 Å². The Balaban J connectivity index is 2.35. The zero-order valence-electron chi connectivity index (χ0n) is 19.8. The SMILES string of the molecule is COc1cccc(CN(C(=O)CN(c2ccccc2)S(C)(=O)=O)[C@@H](C)C(=O)NCC(C)C)c1. The number of sulfonamides is 1. The molecule has 0 aliphatic heterocycles. The second-order valence-electron chi connectivity index (χ2n) is 8.29. The standard InChI is InChI=1S/C24H33N3O5S/c1-18(2)15-25-24(29)19(3)26(16-20-10-9-13-22(14-20)32-4)23(28)17-27(33(5,30)31)21-11-7-6-8-12-21/h6-14,18-19H,15-17H2,1-5H3,(H,25,29)/t19-/m0/s1. The number of benzene rings is 2. The van der Waals surface area contributed by atoms with Crippen molar-refractivity contribution < 1.29 is 22.7 Å². The van der Waals surface area contributed by atoms with Crippen molar-refractivity contribution in [1.82, 2.24) is 10.2 Å². The first-order valence-electron chi connectivity index (χ1n) is 10.8. The van der Waals surface area contributed by atoms with E-state index < -0.39 is 28.5 Å². The smallest absolute Gasteiger partial charge is 0.244 e. The van der Waals surface area contributed by atoms with Crippen molar-refractivity contribution in [2.45, 2.75) is 33.4 Å². The number of rotatable bonds is 11. The van der Waals surface area contributed by atoms with Gasteiger partial charge in [0, 0.05) is 13.1 Å². The van der Waals surface area contributed by atoms with Crippen LogP contribution in [0.3, 0.4) is 0 Å². The molecule has 0 heterocycles. The second kappa shape index (κ2) is 11.7. The maximum Gasteiger partial charge on any atom is 0.244 e. The molecule has 2 aromatic rings. The Bertz CT molecular complexity index is 1040. The molecule has 0 spiro atoms. The zero-order valence-corrected chi connectivity index (χ0v) is 20.6. The van der Waals surface area contributed by atoms with Crippen LogP contribution < -0.4 is 14.4 Å². The van der Waals surface area contributed by atoms with Crippen molar-refractivity contribution in [3.63, 3.8) is 0 Å². The lowest BCUT2D eigenvalue weighted by molar-refractivity contribution is -0.139. The molecule has 2 aromatic carbocycles. The van der Waals surface area contributed by atoms with Crippen LogP contribution in [0.1, 0.15) is 26.3 Å². The fraction of sp³-hybridized carbons (Fsp3) is 0.417. The summed E-state index contributed by atoms with van der Waals surface area (Å²) < 4.78 is 31.3. The molecule has 0 aliphatic rings. The first-order valence-corrected chi connectivity index (χ1v) is 12.6. The lowest BCUT2D eigenvalue weighted by Gasteiger charge is -2.31. The summed E-state index contributed by atoms with van der Waals surface area (Å²) in [6.07, 6.45) is 1.05. The number of nitrogens with zero attached hydrogens (tertiary/aromatic N) is 2. The van der Waals surface area contributed by atoms with Gasteiger partial charge >= 0.3 is 0 Å². The van der Waals surface area contributed by atoms with Crippen LogP contribution in [0.4, 0.5) is 5.69 Å². The quantitative estimate of drug-likeness (QED) is 0.539. The van der Waals surface area contributed by atoms with Crippen molar-refractivity contribution in [3.8, 4) is 5.75 Å². The number of hydrogen-bond donors (Lipinski definition) is 1. The molecular formula is C24H33N3O5S. The Hall–Kier alpha value is -3.07. The normalized spacial score (nSPS) is 12.2. The molecule has 9 heteroatoms. The third-order valence-corrected chi connectivity index (χ3v) is 6.20. The lowest BCUT2D eigenvalue weighted by Crippen LogP contribution is -2.51. The van der Waals surface area contributed by atoms with Crippen LogP contribution in [0.2, 0.25) is 0 Å². The molecule has 1 N–H and O–H groups in total. The van der Waals surface area contributed by atoms with E-state index in [1.807, 2.05) is 19.9 Å². The fourth-order valence-electron chi connectivity index (χ4n) is 3.21. The van der Waals surface area contributed by atoms with Gasteiger partial charge in [-0.1, -0.05) is 44.2 Å². The van der Waals surface area contributed by atoms with Crippen LogP contribution in [0, 0.1) is 5.92 Å². The van der Waals surface area contributed by atoms with Crippen LogP contribution >= 0.6 is 0 Å².